The average Bonchev–Trinajstić information content (AvgIpc) is 3.22. The lowest BCUT2D eigenvalue weighted by atomic mass is 10.0. The lowest BCUT2D eigenvalue weighted by Crippen LogP contribution is -2.18. The molecule has 3 aromatic rings. The second-order valence-electron chi connectivity index (χ2n) is 6.38. The van der Waals surface area contributed by atoms with Gasteiger partial charge in [-0.1, -0.05) is 11.2 Å². The number of aromatic nitrogens is 2. The first-order valence-electron chi connectivity index (χ1n) is 8.84. The van der Waals surface area contributed by atoms with Gasteiger partial charge in [-0.25, -0.2) is 0 Å². The Balaban J connectivity index is 1.62. The Kier molecular flexibility index (Phi) is 4.60. The number of benzene rings is 2. The third kappa shape index (κ3) is 3.35. The Bertz CT molecular complexity index is 1110. The lowest BCUT2D eigenvalue weighted by Gasteiger charge is -2.16. The SMILES string of the molecule is C=CCNc1ccc(-c2nc(-c3ccc4c(c3)CCC(=O)N4)no2)cc1C#N. The Labute approximate surface area is 161 Å². The normalized spacial score (nSPS) is 12.6. The molecule has 7 heteroatoms. The zero-order valence-corrected chi connectivity index (χ0v) is 15.0. The molecule has 0 aliphatic carbocycles. The summed E-state index contributed by atoms with van der Waals surface area (Å²) in [5.74, 6) is 0.830. The fraction of sp³-hybridized carbons (Fsp3) is 0.143. The second kappa shape index (κ2) is 7.37. The minimum atomic E-state index is 0.0291. The van der Waals surface area contributed by atoms with E-state index < -0.39 is 0 Å². The van der Waals surface area contributed by atoms with Crippen LogP contribution < -0.4 is 10.6 Å². The maximum atomic E-state index is 11.5. The molecule has 7 nitrogen and oxygen atoms in total. The van der Waals surface area contributed by atoms with Crippen molar-refractivity contribution in [2.75, 3.05) is 17.2 Å². The monoisotopic (exact) mass is 371 g/mol. The molecule has 28 heavy (non-hydrogen) atoms. The molecule has 0 saturated carbocycles. The van der Waals surface area contributed by atoms with Gasteiger partial charge in [0.2, 0.25) is 11.7 Å². The molecule has 0 spiro atoms. The van der Waals surface area contributed by atoms with Crippen molar-refractivity contribution in [3.63, 3.8) is 0 Å². The van der Waals surface area contributed by atoms with Crippen molar-refractivity contribution in [2.24, 2.45) is 0 Å². The van der Waals surface area contributed by atoms with Crippen LogP contribution in [0, 0.1) is 11.3 Å². The van der Waals surface area contributed by atoms with Crippen molar-refractivity contribution in [1.82, 2.24) is 10.1 Å². The number of carbonyl (C=O) groups excluding carboxylic acids is 1. The smallest absolute Gasteiger partial charge is 0.258 e. The summed E-state index contributed by atoms with van der Waals surface area (Å²) in [7, 11) is 0. The van der Waals surface area contributed by atoms with Crippen molar-refractivity contribution < 1.29 is 9.32 Å². The summed E-state index contributed by atoms with van der Waals surface area (Å²) in [5, 5.41) is 19.4. The van der Waals surface area contributed by atoms with E-state index in [4.69, 9.17) is 4.52 Å². The number of fused-ring (bicyclic) bond motifs is 1. The number of aryl methyl sites for hydroxylation is 1. The zero-order valence-electron chi connectivity index (χ0n) is 15.0. The molecule has 4 rings (SSSR count). The van der Waals surface area contributed by atoms with Gasteiger partial charge in [0, 0.05) is 29.8 Å². The number of nitriles is 1. The summed E-state index contributed by atoms with van der Waals surface area (Å²) in [6, 6.07) is 13.2. The minimum absolute atomic E-state index is 0.0291. The van der Waals surface area contributed by atoms with Gasteiger partial charge in [-0.2, -0.15) is 10.2 Å². The summed E-state index contributed by atoms with van der Waals surface area (Å²) in [6.07, 6.45) is 2.88. The summed E-state index contributed by atoms with van der Waals surface area (Å²) in [6.45, 7) is 4.23. The molecule has 2 heterocycles. The maximum absolute atomic E-state index is 11.5. The van der Waals surface area contributed by atoms with Gasteiger partial charge >= 0.3 is 0 Å². The van der Waals surface area contributed by atoms with E-state index in [2.05, 4.69) is 33.4 Å². The minimum Gasteiger partial charge on any atom is -0.381 e. The first-order valence-corrected chi connectivity index (χ1v) is 8.84. The zero-order chi connectivity index (χ0) is 19.5. The predicted molar refractivity (Wildman–Crippen MR) is 106 cm³/mol. The number of carbonyl (C=O) groups is 1. The molecule has 0 radical (unpaired) electrons. The fourth-order valence-electron chi connectivity index (χ4n) is 3.09. The summed E-state index contributed by atoms with van der Waals surface area (Å²) in [5.41, 5.74) is 4.57. The standard InChI is InChI=1S/C21H17N5O2/c1-2-9-23-17-6-4-15(11-16(17)12-22)21-25-20(26-28-21)14-3-7-18-13(10-14)5-8-19(27)24-18/h2-4,6-7,10-11,23H,1,5,8-9H2,(H,24,27). The van der Waals surface area contributed by atoms with Crippen LogP contribution in [-0.4, -0.2) is 22.6 Å². The van der Waals surface area contributed by atoms with Crippen molar-refractivity contribution in [3.05, 3.63) is 60.2 Å². The van der Waals surface area contributed by atoms with E-state index in [1.165, 1.54) is 0 Å². The van der Waals surface area contributed by atoms with E-state index in [9.17, 15) is 10.1 Å². The molecule has 2 aromatic carbocycles. The Morgan fingerprint density at radius 2 is 2.11 bits per heavy atom. The predicted octanol–water partition coefficient (Wildman–Crippen LogP) is 3.76. The van der Waals surface area contributed by atoms with Crippen LogP contribution >= 0.6 is 0 Å². The number of rotatable bonds is 5. The van der Waals surface area contributed by atoms with Crippen LogP contribution in [0.25, 0.3) is 22.8 Å². The third-order valence-corrected chi connectivity index (χ3v) is 4.51. The van der Waals surface area contributed by atoms with E-state index in [0.29, 0.717) is 42.2 Å². The van der Waals surface area contributed by atoms with Gasteiger partial charge in [-0.3, -0.25) is 4.79 Å². The number of nitrogens with one attached hydrogen (secondary N) is 2. The summed E-state index contributed by atoms with van der Waals surface area (Å²) >= 11 is 0. The number of amides is 1. The van der Waals surface area contributed by atoms with E-state index >= 15 is 0 Å². The number of hydrogen-bond donors (Lipinski definition) is 2. The fourth-order valence-corrected chi connectivity index (χ4v) is 3.09. The highest BCUT2D eigenvalue weighted by Gasteiger charge is 2.17. The largest absolute Gasteiger partial charge is 0.381 e. The van der Waals surface area contributed by atoms with Crippen molar-refractivity contribution >= 4 is 17.3 Å². The molecule has 0 unspecified atom stereocenters. The number of anilines is 2. The molecule has 0 bridgehead atoms. The van der Waals surface area contributed by atoms with E-state index in [0.717, 1.165) is 22.5 Å². The molecule has 2 N–H and O–H groups in total. The molecular weight excluding hydrogens is 354 g/mol. The van der Waals surface area contributed by atoms with Gasteiger partial charge in [0.25, 0.3) is 5.89 Å². The molecule has 1 amide bonds. The van der Waals surface area contributed by atoms with Crippen molar-refractivity contribution in [1.29, 1.82) is 5.26 Å². The number of hydrogen-bond acceptors (Lipinski definition) is 6. The molecule has 138 valence electrons. The van der Waals surface area contributed by atoms with Gasteiger partial charge in [-0.15, -0.1) is 6.58 Å². The van der Waals surface area contributed by atoms with Crippen LogP contribution in [0.2, 0.25) is 0 Å². The van der Waals surface area contributed by atoms with Crippen molar-refractivity contribution in [3.8, 4) is 28.9 Å². The van der Waals surface area contributed by atoms with E-state index in [1.54, 1.807) is 12.1 Å². The highest BCUT2D eigenvalue weighted by atomic mass is 16.5. The Morgan fingerprint density at radius 3 is 2.93 bits per heavy atom. The van der Waals surface area contributed by atoms with Crippen molar-refractivity contribution in [2.45, 2.75) is 12.8 Å². The Hall–Kier alpha value is -3.92. The third-order valence-electron chi connectivity index (χ3n) is 4.51. The number of nitrogens with zero attached hydrogens (tertiary/aromatic N) is 3. The van der Waals surface area contributed by atoms with E-state index in [-0.39, 0.29) is 5.91 Å². The molecule has 0 atom stereocenters. The van der Waals surface area contributed by atoms with Gasteiger partial charge in [0.1, 0.15) is 6.07 Å². The summed E-state index contributed by atoms with van der Waals surface area (Å²) in [4.78, 5) is 16.0. The van der Waals surface area contributed by atoms with E-state index in [1.807, 2.05) is 30.3 Å². The van der Waals surface area contributed by atoms with Gasteiger partial charge in [0.05, 0.1) is 11.3 Å². The summed E-state index contributed by atoms with van der Waals surface area (Å²) < 4.78 is 5.41. The van der Waals surface area contributed by atoms with Crippen LogP contribution in [0.5, 0.6) is 0 Å². The average molecular weight is 371 g/mol. The van der Waals surface area contributed by atoms with Gasteiger partial charge in [-0.05, 0) is 48.4 Å². The maximum Gasteiger partial charge on any atom is 0.258 e. The molecular formula is C21H17N5O2. The van der Waals surface area contributed by atoms with Crippen LogP contribution in [0.3, 0.4) is 0 Å². The first-order chi connectivity index (χ1) is 13.7. The highest BCUT2D eigenvalue weighted by Crippen LogP contribution is 2.29. The van der Waals surface area contributed by atoms with Crippen LogP contribution in [0.4, 0.5) is 11.4 Å². The van der Waals surface area contributed by atoms with Gasteiger partial charge in [0.15, 0.2) is 0 Å². The highest BCUT2D eigenvalue weighted by molar-refractivity contribution is 5.94. The molecule has 1 aliphatic rings. The topological polar surface area (TPSA) is 104 Å². The first kappa shape index (κ1) is 17.5. The lowest BCUT2D eigenvalue weighted by molar-refractivity contribution is -0.116. The quantitative estimate of drug-likeness (QED) is 0.662. The molecule has 0 fully saturated rings. The molecule has 1 aliphatic heterocycles. The molecule has 1 aromatic heterocycles. The molecule has 0 saturated heterocycles. The van der Waals surface area contributed by atoms with Crippen LogP contribution in [0.15, 0.2) is 53.6 Å². The second-order valence-corrected chi connectivity index (χ2v) is 6.38. The van der Waals surface area contributed by atoms with Gasteiger partial charge < -0.3 is 15.2 Å². The Morgan fingerprint density at radius 1 is 1.25 bits per heavy atom. The van der Waals surface area contributed by atoms with Crippen LogP contribution in [0.1, 0.15) is 17.5 Å². The van der Waals surface area contributed by atoms with Crippen LogP contribution in [-0.2, 0) is 11.2 Å².